The van der Waals surface area contributed by atoms with Gasteiger partial charge in [0.25, 0.3) is 0 Å². The van der Waals surface area contributed by atoms with Crippen LogP contribution in [0.4, 0.5) is 15.0 Å². The summed E-state index contributed by atoms with van der Waals surface area (Å²) in [5.74, 6) is 1.83. The van der Waals surface area contributed by atoms with E-state index in [-0.39, 0.29) is 11.9 Å². The average molecular weight is 429 g/mol. The molecule has 0 radical (unpaired) electrons. The minimum atomic E-state index is -0.479. The summed E-state index contributed by atoms with van der Waals surface area (Å²) in [6.07, 6.45) is 3.79. The number of likely N-dealkylation sites (tertiary alicyclic amines) is 1. The Kier molecular flexibility index (Phi) is 5.98. The van der Waals surface area contributed by atoms with Crippen molar-refractivity contribution in [1.82, 2.24) is 14.9 Å². The standard InChI is InChI=1S/C23H29FN4O3/c1-23(2,3)31-22(29)28-14-17-12-27(13-18(17)15-28)20-10-25-11-21(26-20)30-9-8-16-4-6-19(24)7-5-16/h4-7,10-11,17-18H,8-9,12-15H2,1-3H3/t17-,18+. The summed E-state index contributed by atoms with van der Waals surface area (Å²) in [5, 5.41) is 0. The predicted molar refractivity (Wildman–Crippen MR) is 115 cm³/mol. The zero-order valence-corrected chi connectivity index (χ0v) is 18.3. The molecule has 2 aliphatic heterocycles. The number of ether oxygens (including phenoxy) is 2. The van der Waals surface area contributed by atoms with Gasteiger partial charge in [0.15, 0.2) is 5.82 Å². The van der Waals surface area contributed by atoms with Crippen molar-refractivity contribution in [2.24, 2.45) is 11.8 Å². The number of carbonyl (C=O) groups excluding carboxylic acids is 1. The highest BCUT2D eigenvalue weighted by Crippen LogP contribution is 2.34. The number of aromatic nitrogens is 2. The Morgan fingerprint density at radius 2 is 1.77 bits per heavy atom. The topological polar surface area (TPSA) is 67.8 Å². The molecule has 3 heterocycles. The van der Waals surface area contributed by atoms with Crippen LogP contribution in [0.2, 0.25) is 0 Å². The molecule has 0 unspecified atom stereocenters. The van der Waals surface area contributed by atoms with Crippen LogP contribution < -0.4 is 9.64 Å². The Bertz CT molecular complexity index is 902. The first-order valence-corrected chi connectivity index (χ1v) is 10.7. The van der Waals surface area contributed by atoms with Crippen LogP contribution in [-0.4, -0.2) is 59.3 Å². The number of hydrogen-bond acceptors (Lipinski definition) is 6. The first kappa shape index (κ1) is 21.3. The van der Waals surface area contributed by atoms with Crippen molar-refractivity contribution in [3.63, 3.8) is 0 Å². The molecule has 166 valence electrons. The van der Waals surface area contributed by atoms with Crippen LogP contribution in [0.1, 0.15) is 26.3 Å². The molecular formula is C23H29FN4O3. The molecule has 0 saturated carbocycles. The first-order valence-electron chi connectivity index (χ1n) is 10.7. The summed E-state index contributed by atoms with van der Waals surface area (Å²) in [6, 6.07) is 6.41. The predicted octanol–water partition coefficient (Wildman–Crippen LogP) is 3.54. The third kappa shape index (κ3) is 5.42. The Morgan fingerprint density at radius 3 is 2.42 bits per heavy atom. The number of rotatable bonds is 5. The summed E-state index contributed by atoms with van der Waals surface area (Å²) in [5.41, 5.74) is 0.528. The number of carbonyl (C=O) groups is 1. The molecule has 31 heavy (non-hydrogen) atoms. The lowest BCUT2D eigenvalue weighted by atomic mass is 10.0. The maximum Gasteiger partial charge on any atom is 0.410 e. The smallest absolute Gasteiger partial charge is 0.410 e. The molecule has 0 bridgehead atoms. The van der Waals surface area contributed by atoms with E-state index in [9.17, 15) is 9.18 Å². The average Bonchev–Trinajstić information content (AvgIpc) is 3.28. The third-order valence-electron chi connectivity index (χ3n) is 5.62. The summed E-state index contributed by atoms with van der Waals surface area (Å²) >= 11 is 0. The van der Waals surface area contributed by atoms with Gasteiger partial charge in [-0.1, -0.05) is 12.1 Å². The van der Waals surface area contributed by atoms with E-state index in [0.29, 0.717) is 43.8 Å². The normalized spacial score (nSPS) is 20.6. The highest BCUT2D eigenvalue weighted by molar-refractivity contribution is 5.68. The van der Waals surface area contributed by atoms with E-state index < -0.39 is 5.60 Å². The number of nitrogens with zero attached hydrogens (tertiary/aromatic N) is 4. The Hall–Kier alpha value is -2.90. The minimum Gasteiger partial charge on any atom is -0.476 e. The van der Waals surface area contributed by atoms with Crippen molar-refractivity contribution in [3.8, 4) is 5.88 Å². The summed E-state index contributed by atoms with van der Waals surface area (Å²) in [6.45, 7) is 9.18. The Balaban J connectivity index is 1.29. The van der Waals surface area contributed by atoms with Gasteiger partial charge in [0.1, 0.15) is 11.4 Å². The lowest BCUT2D eigenvalue weighted by Gasteiger charge is -2.26. The summed E-state index contributed by atoms with van der Waals surface area (Å²) in [7, 11) is 0. The minimum absolute atomic E-state index is 0.232. The van der Waals surface area contributed by atoms with E-state index in [1.54, 1.807) is 24.5 Å². The molecule has 2 aromatic rings. The van der Waals surface area contributed by atoms with Crippen molar-refractivity contribution in [2.45, 2.75) is 32.8 Å². The van der Waals surface area contributed by atoms with Crippen LogP contribution in [0.15, 0.2) is 36.7 Å². The lowest BCUT2D eigenvalue weighted by molar-refractivity contribution is 0.0282. The second-order valence-corrected chi connectivity index (χ2v) is 9.25. The first-order chi connectivity index (χ1) is 14.8. The van der Waals surface area contributed by atoms with E-state index in [1.807, 2.05) is 25.7 Å². The van der Waals surface area contributed by atoms with Crippen LogP contribution >= 0.6 is 0 Å². The van der Waals surface area contributed by atoms with Gasteiger partial charge in [-0.15, -0.1) is 0 Å². The maximum atomic E-state index is 13.0. The number of fused-ring (bicyclic) bond motifs is 1. The van der Waals surface area contributed by atoms with Gasteiger partial charge in [-0.25, -0.2) is 9.18 Å². The molecule has 2 aliphatic rings. The van der Waals surface area contributed by atoms with Crippen molar-refractivity contribution >= 4 is 11.9 Å². The number of halogens is 1. The fourth-order valence-electron chi connectivity index (χ4n) is 4.14. The second-order valence-electron chi connectivity index (χ2n) is 9.25. The van der Waals surface area contributed by atoms with Crippen LogP contribution in [0.3, 0.4) is 0 Å². The van der Waals surface area contributed by atoms with Crippen molar-refractivity contribution < 1.29 is 18.7 Å². The Labute approximate surface area is 182 Å². The zero-order chi connectivity index (χ0) is 22.0. The van der Waals surface area contributed by atoms with Crippen molar-refractivity contribution in [1.29, 1.82) is 0 Å². The monoisotopic (exact) mass is 428 g/mol. The third-order valence-corrected chi connectivity index (χ3v) is 5.62. The largest absolute Gasteiger partial charge is 0.476 e. The van der Waals surface area contributed by atoms with Crippen LogP contribution in [0, 0.1) is 17.7 Å². The Morgan fingerprint density at radius 1 is 1.10 bits per heavy atom. The quantitative estimate of drug-likeness (QED) is 0.726. The molecule has 1 aromatic heterocycles. The maximum absolute atomic E-state index is 13.0. The number of benzene rings is 1. The summed E-state index contributed by atoms with van der Waals surface area (Å²) < 4.78 is 24.3. The number of amides is 1. The van der Waals surface area contributed by atoms with Crippen molar-refractivity contribution in [3.05, 3.63) is 48.0 Å². The van der Waals surface area contributed by atoms with Gasteiger partial charge in [-0.3, -0.25) is 4.98 Å². The molecule has 8 heteroatoms. The van der Waals surface area contributed by atoms with Gasteiger partial charge in [0.05, 0.1) is 19.0 Å². The molecule has 7 nitrogen and oxygen atoms in total. The van der Waals surface area contributed by atoms with Gasteiger partial charge in [-0.05, 0) is 38.5 Å². The molecule has 1 aromatic carbocycles. The van der Waals surface area contributed by atoms with E-state index in [2.05, 4.69) is 14.9 Å². The number of hydrogen-bond donors (Lipinski definition) is 0. The number of anilines is 1. The molecule has 2 saturated heterocycles. The lowest BCUT2D eigenvalue weighted by Crippen LogP contribution is -2.37. The van der Waals surface area contributed by atoms with E-state index in [0.717, 1.165) is 24.5 Å². The SMILES string of the molecule is CC(C)(C)OC(=O)N1C[C@@H]2CN(c3cncc(OCCc4ccc(F)cc4)n3)C[C@@H]2C1. The fourth-order valence-corrected chi connectivity index (χ4v) is 4.14. The molecule has 2 fully saturated rings. The van der Waals surface area contributed by atoms with Gasteiger partial charge < -0.3 is 19.3 Å². The molecular weight excluding hydrogens is 399 g/mol. The molecule has 0 aliphatic carbocycles. The molecule has 4 rings (SSSR count). The summed E-state index contributed by atoms with van der Waals surface area (Å²) in [4.78, 5) is 25.3. The van der Waals surface area contributed by atoms with Gasteiger partial charge in [0, 0.05) is 44.4 Å². The highest BCUT2D eigenvalue weighted by Gasteiger charge is 2.43. The van der Waals surface area contributed by atoms with E-state index in [4.69, 9.17) is 9.47 Å². The van der Waals surface area contributed by atoms with E-state index >= 15 is 0 Å². The van der Waals surface area contributed by atoms with Gasteiger partial charge in [-0.2, -0.15) is 4.98 Å². The van der Waals surface area contributed by atoms with Gasteiger partial charge in [0.2, 0.25) is 5.88 Å². The van der Waals surface area contributed by atoms with Crippen LogP contribution in [0.5, 0.6) is 5.88 Å². The molecule has 0 N–H and O–H groups in total. The van der Waals surface area contributed by atoms with Gasteiger partial charge >= 0.3 is 6.09 Å². The second kappa shape index (κ2) is 8.69. The fraction of sp³-hybridized carbons (Fsp3) is 0.522. The van der Waals surface area contributed by atoms with Crippen LogP contribution in [0.25, 0.3) is 0 Å². The molecule has 1 amide bonds. The van der Waals surface area contributed by atoms with Crippen molar-refractivity contribution in [2.75, 3.05) is 37.7 Å². The highest BCUT2D eigenvalue weighted by atomic mass is 19.1. The molecule has 0 spiro atoms. The van der Waals surface area contributed by atoms with Crippen LogP contribution in [-0.2, 0) is 11.2 Å². The zero-order valence-electron chi connectivity index (χ0n) is 18.3. The van der Waals surface area contributed by atoms with E-state index in [1.165, 1.54) is 12.1 Å². The molecule has 2 atom stereocenters.